The van der Waals surface area contributed by atoms with Gasteiger partial charge in [-0.2, -0.15) is 0 Å². The summed E-state index contributed by atoms with van der Waals surface area (Å²) in [7, 11) is 1.72. The smallest absolute Gasteiger partial charge is 0.260 e. The van der Waals surface area contributed by atoms with E-state index < -0.39 is 0 Å². The Kier molecular flexibility index (Phi) is 5.86. The summed E-state index contributed by atoms with van der Waals surface area (Å²) in [6.45, 7) is 2.92. The lowest BCUT2D eigenvalue weighted by molar-refractivity contribution is -0.132. The highest BCUT2D eigenvalue weighted by Crippen LogP contribution is 2.24. The predicted molar refractivity (Wildman–Crippen MR) is 87.7 cm³/mol. The van der Waals surface area contributed by atoms with Gasteiger partial charge in [0.2, 0.25) is 0 Å². The quantitative estimate of drug-likeness (QED) is 0.853. The molecule has 0 atom stereocenters. The van der Waals surface area contributed by atoms with Gasteiger partial charge in [-0.25, -0.2) is 0 Å². The zero-order valence-electron chi connectivity index (χ0n) is 13.4. The average Bonchev–Trinajstić information content (AvgIpc) is 2.56. The summed E-state index contributed by atoms with van der Waals surface area (Å²) >= 11 is 0. The molecule has 2 rings (SSSR count). The van der Waals surface area contributed by atoms with Gasteiger partial charge >= 0.3 is 0 Å². The van der Waals surface area contributed by atoms with Crippen molar-refractivity contribution in [2.24, 2.45) is 0 Å². The SMILES string of the molecule is CCOc1ccc(CN(C)C(=O)COc2ccccc2O)cc1. The molecule has 0 saturated heterocycles. The third-order valence-corrected chi connectivity index (χ3v) is 3.30. The van der Waals surface area contributed by atoms with E-state index in [1.54, 1.807) is 30.1 Å². The predicted octanol–water partition coefficient (Wildman–Crippen LogP) is 2.83. The molecular weight excluding hydrogens is 294 g/mol. The fourth-order valence-corrected chi connectivity index (χ4v) is 2.05. The number of benzene rings is 2. The number of para-hydroxylation sites is 2. The third kappa shape index (κ3) is 4.92. The summed E-state index contributed by atoms with van der Waals surface area (Å²) in [6, 6.07) is 14.2. The van der Waals surface area contributed by atoms with Crippen LogP contribution in [0.1, 0.15) is 12.5 Å². The van der Waals surface area contributed by atoms with E-state index in [0.717, 1.165) is 11.3 Å². The van der Waals surface area contributed by atoms with E-state index in [0.29, 0.717) is 18.9 Å². The second kappa shape index (κ2) is 8.08. The van der Waals surface area contributed by atoms with Gasteiger partial charge in [0.1, 0.15) is 5.75 Å². The number of phenolic OH excluding ortho intramolecular Hbond substituents is 1. The highest BCUT2D eigenvalue weighted by atomic mass is 16.5. The third-order valence-electron chi connectivity index (χ3n) is 3.30. The first-order valence-electron chi connectivity index (χ1n) is 7.46. The number of rotatable bonds is 7. The van der Waals surface area contributed by atoms with Gasteiger partial charge in [0.15, 0.2) is 18.1 Å². The summed E-state index contributed by atoms with van der Waals surface area (Å²) in [5.74, 6) is 0.972. The van der Waals surface area contributed by atoms with Crippen molar-refractivity contribution in [2.45, 2.75) is 13.5 Å². The number of ether oxygens (including phenoxy) is 2. The zero-order chi connectivity index (χ0) is 16.7. The second-order valence-corrected chi connectivity index (χ2v) is 5.08. The molecule has 0 aromatic heterocycles. The Morgan fingerprint density at radius 3 is 2.43 bits per heavy atom. The summed E-state index contributed by atoms with van der Waals surface area (Å²) in [5.41, 5.74) is 1.01. The van der Waals surface area contributed by atoms with Gasteiger partial charge in [-0.05, 0) is 36.8 Å². The van der Waals surface area contributed by atoms with Crippen LogP contribution in [0.15, 0.2) is 48.5 Å². The highest BCUT2D eigenvalue weighted by molar-refractivity contribution is 5.77. The first kappa shape index (κ1) is 16.7. The molecule has 0 aliphatic heterocycles. The topological polar surface area (TPSA) is 59.0 Å². The standard InChI is InChI=1S/C18H21NO4/c1-3-22-15-10-8-14(9-11-15)12-19(2)18(21)13-23-17-7-5-4-6-16(17)20/h4-11,20H,3,12-13H2,1-2H3. The summed E-state index contributed by atoms with van der Waals surface area (Å²) in [5, 5.41) is 9.61. The second-order valence-electron chi connectivity index (χ2n) is 5.08. The van der Waals surface area contributed by atoms with Gasteiger partial charge in [-0.15, -0.1) is 0 Å². The van der Waals surface area contributed by atoms with Crippen molar-refractivity contribution in [2.75, 3.05) is 20.3 Å². The number of nitrogens with zero attached hydrogens (tertiary/aromatic N) is 1. The van der Waals surface area contributed by atoms with Gasteiger partial charge < -0.3 is 19.5 Å². The summed E-state index contributed by atoms with van der Waals surface area (Å²) in [6.07, 6.45) is 0. The molecule has 1 N–H and O–H groups in total. The molecule has 0 unspecified atom stereocenters. The molecule has 1 amide bonds. The van der Waals surface area contributed by atoms with Crippen LogP contribution in [0.5, 0.6) is 17.2 Å². The molecular formula is C18H21NO4. The van der Waals surface area contributed by atoms with Crippen LogP contribution in [-0.2, 0) is 11.3 Å². The Bertz CT molecular complexity index is 640. The Morgan fingerprint density at radius 1 is 1.09 bits per heavy atom. The van der Waals surface area contributed by atoms with Crippen LogP contribution in [0, 0.1) is 0 Å². The number of hydrogen-bond acceptors (Lipinski definition) is 4. The van der Waals surface area contributed by atoms with Crippen LogP contribution >= 0.6 is 0 Å². The minimum absolute atomic E-state index is 0.0227. The molecule has 0 spiro atoms. The van der Waals surface area contributed by atoms with Gasteiger partial charge in [0.25, 0.3) is 5.91 Å². The molecule has 0 fully saturated rings. The molecule has 0 heterocycles. The Hall–Kier alpha value is -2.69. The fraction of sp³-hybridized carbons (Fsp3) is 0.278. The van der Waals surface area contributed by atoms with Crippen molar-refractivity contribution >= 4 is 5.91 Å². The molecule has 0 saturated carbocycles. The van der Waals surface area contributed by atoms with E-state index in [9.17, 15) is 9.90 Å². The summed E-state index contributed by atoms with van der Waals surface area (Å²) in [4.78, 5) is 13.7. The van der Waals surface area contributed by atoms with Crippen molar-refractivity contribution in [3.8, 4) is 17.2 Å². The van der Waals surface area contributed by atoms with Gasteiger partial charge in [0, 0.05) is 13.6 Å². The number of hydrogen-bond donors (Lipinski definition) is 1. The summed E-state index contributed by atoms with van der Waals surface area (Å²) < 4.78 is 10.7. The van der Waals surface area contributed by atoms with Gasteiger partial charge in [0.05, 0.1) is 6.61 Å². The maximum Gasteiger partial charge on any atom is 0.260 e. The van der Waals surface area contributed by atoms with Gasteiger partial charge in [-0.3, -0.25) is 4.79 Å². The Balaban J connectivity index is 1.86. The minimum Gasteiger partial charge on any atom is -0.504 e. The number of amides is 1. The van der Waals surface area contributed by atoms with Gasteiger partial charge in [-0.1, -0.05) is 24.3 Å². The fourth-order valence-electron chi connectivity index (χ4n) is 2.05. The lowest BCUT2D eigenvalue weighted by atomic mass is 10.2. The lowest BCUT2D eigenvalue weighted by Crippen LogP contribution is -2.30. The number of carbonyl (C=O) groups excluding carboxylic acids is 1. The number of likely N-dealkylation sites (N-methyl/N-ethyl adjacent to an activating group) is 1. The first-order chi connectivity index (χ1) is 11.1. The molecule has 0 bridgehead atoms. The Morgan fingerprint density at radius 2 is 1.78 bits per heavy atom. The van der Waals surface area contributed by atoms with Crippen molar-refractivity contribution in [3.63, 3.8) is 0 Å². The van der Waals surface area contributed by atoms with Crippen molar-refractivity contribution < 1.29 is 19.4 Å². The zero-order valence-corrected chi connectivity index (χ0v) is 13.4. The molecule has 122 valence electrons. The Labute approximate surface area is 136 Å². The van der Waals surface area contributed by atoms with E-state index in [-0.39, 0.29) is 18.3 Å². The van der Waals surface area contributed by atoms with Crippen molar-refractivity contribution in [1.82, 2.24) is 4.90 Å². The molecule has 0 aliphatic rings. The number of carbonyl (C=O) groups is 1. The maximum atomic E-state index is 12.1. The average molecular weight is 315 g/mol. The molecule has 23 heavy (non-hydrogen) atoms. The van der Waals surface area contributed by atoms with Crippen LogP contribution in [0.2, 0.25) is 0 Å². The monoisotopic (exact) mass is 315 g/mol. The van der Waals surface area contributed by atoms with E-state index in [1.807, 2.05) is 31.2 Å². The van der Waals surface area contributed by atoms with Crippen LogP contribution in [-0.4, -0.2) is 36.2 Å². The van der Waals surface area contributed by atoms with Crippen LogP contribution in [0.3, 0.4) is 0 Å². The molecule has 5 heteroatoms. The van der Waals surface area contributed by atoms with Crippen LogP contribution in [0.4, 0.5) is 0 Å². The van der Waals surface area contributed by atoms with E-state index in [1.165, 1.54) is 6.07 Å². The largest absolute Gasteiger partial charge is 0.504 e. The molecule has 2 aromatic rings. The molecule has 2 aromatic carbocycles. The van der Waals surface area contributed by atoms with Crippen LogP contribution in [0.25, 0.3) is 0 Å². The molecule has 0 aliphatic carbocycles. The maximum absolute atomic E-state index is 12.1. The highest BCUT2D eigenvalue weighted by Gasteiger charge is 2.11. The van der Waals surface area contributed by atoms with Crippen molar-refractivity contribution in [1.29, 1.82) is 0 Å². The normalized spacial score (nSPS) is 10.2. The van der Waals surface area contributed by atoms with Crippen LogP contribution < -0.4 is 9.47 Å². The minimum atomic E-state index is -0.165. The molecule has 5 nitrogen and oxygen atoms in total. The number of phenols is 1. The number of aromatic hydroxyl groups is 1. The van der Waals surface area contributed by atoms with Crippen molar-refractivity contribution in [3.05, 3.63) is 54.1 Å². The molecule has 0 radical (unpaired) electrons. The van der Waals surface area contributed by atoms with E-state index in [2.05, 4.69) is 0 Å². The first-order valence-corrected chi connectivity index (χ1v) is 7.46. The lowest BCUT2D eigenvalue weighted by Gasteiger charge is -2.18. The van der Waals surface area contributed by atoms with E-state index in [4.69, 9.17) is 9.47 Å². The van der Waals surface area contributed by atoms with E-state index >= 15 is 0 Å².